The molecule has 0 atom stereocenters. The highest BCUT2D eigenvalue weighted by Gasteiger charge is 2.16. The molecule has 206 valence electrons. The molecule has 0 amide bonds. The van der Waals surface area contributed by atoms with Gasteiger partial charge < -0.3 is 4.42 Å². The lowest BCUT2D eigenvalue weighted by atomic mass is 9.89. The van der Waals surface area contributed by atoms with Crippen molar-refractivity contribution in [3.8, 4) is 22.3 Å². The van der Waals surface area contributed by atoms with Gasteiger partial charge in [0, 0.05) is 10.8 Å². The summed E-state index contributed by atoms with van der Waals surface area (Å²) in [5.41, 5.74) is -3.13. The molecule has 0 bridgehead atoms. The Labute approximate surface area is 290 Å². The Kier molecular flexibility index (Phi) is 2.03. The molecule has 10 aromatic carbocycles. The molecule has 0 N–H and O–H groups in total. The van der Waals surface area contributed by atoms with E-state index in [1.807, 2.05) is 0 Å². The van der Waals surface area contributed by atoms with Gasteiger partial charge >= 0.3 is 0 Å². The van der Waals surface area contributed by atoms with E-state index in [9.17, 15) is 13.7 Å². The summed E-state index contributed by atoms with van der Waals surface area (Å²) in [5, 5.41) is -3.91. The minimum Gasteiger partial charge on any atom is -0.456 e. The summed E-state index contributed by atoms with van der Waals surface area (Å²) in [4.78, 5) is 0. The first kappa shape index (κ1) is 10.9. The highest BCUT2D eigenvalue weighted by molar-refractivity contribution is 6.27. The van der Waals surface area contributed by atoms with Crippen molar-refractivity contribution < 1.29 is 35.9 Å². The summed E-state index contributed by atoms with van der Waals surface area (Å²) in [7, 11) is 0. The normalized spacial score (nSPS) is 19.6. The molecule has 45 heavy (non-hydrogen) atoms. The van der Waals surface area contributed by atoms with Crippen LogP contribution in [0.25, 0.3) is 109 Å². The van der Waals surface area contributed by atoms with Gasteiger partial charge in [-0.2, -0.15) is 0 Å². The monoisotopic (exact) mass is 591 g/mol. The van der Waals surface area contributed by atoms with Gasteiger partial charge in [-0.05, 0) is 111 Å². The van der Waals surface area contributed by atoms with Crippen molar-refractivity contribution in [3.63, 3.8) is 0 Å². The molecule has 0 radical (unpaired) electrons. The van der Waals surface area contributed by atoms with E-state index in [1.165, 1.54) is 0 Å². The van der Waals surface area contributed by atoms with Gasteiger partial charge in [0.05, 0.1) is 31.5 Å². The minimum absolute atomic E-state index is 0.0752. The molecule has 0 aliphatic heterocycles. The lowest BCUT2D eigenvalue weighted by Gasteiger charge is -2.14. The summed E-state index contributed by atoms with van der Waals surface area (Å²) in [6.45, 7) is 0. The molecule has 0 aliphatic rings. The van der Waals surface area contributed by atoms with Crippen molar-refractivity contribution in [1.29, 1.82) is 0 Å². The van der Waals surface area contributed by atoms with E-state index in [0.717, 1.165) is 6.07 Å². The van der Waals surface area contributed by atoms with E-state index >= 15 is 0 Å². The summed E-state index contributed by atoms with van der Waals surface area (Å²) in [6.07, 6.45) is 0. The molecule has 1 heteroatoms. The first-order valence-corrected chi connectivity index (χ1v) is 13.7. The molecule has 1 heterocycles. The van der Waals surface area contributed by atoms with Crippen LogP contribution in [0.15, 0.2) is 149 Å². The number of hydrogen-bond acceptors (Lipinski definition) is 1. The van der Waals surface area contributed by atoms with E-state index in [-0.39, 0.29) is 59.2 Å². The van der Waals surface area contributed by atoms with Crippen LogP contribution in [0.2, 0.25) is 0 Å². The van der Waals surface area contributed by atoms with Crippen molar-refractivity contribution in [2.45, 2.75) is 0 Å². The molecule has 0 spiro atoms. The van der Waals surface area contributed by atoms with Crippen LogP contribution < -0.4 is 0 Å². The second kappa shape index (κ2) is 8.37. The van der Waals surface area contributed by atoms with Crippen LogP contribution in [0.1, 0.15) is 31.5 Å². The van der Waals surface area contributed by atoms with Crippen LogP contribution in [0.5, 0.6) is 0 Å². The molecule has 11 rings (SSSR count). The zero-order chi connectivity index (χ0) is 49.2. The van der Waals surface area contributed by atoms with E-state index in [0.29, 0.717) is 0 Å². The van der Waals surface area contributed by atoms with E-state index < -0.39 is 189 Å². The van der Waals surface area contributed by atoms with Crippen LogP contribution >= 0.6 is 0 Å². The molecule has 0 saturated carbocycles. The maximum absolute atomic E-state index is 9.75. The van der Waals surface area contributed by atoms with Gasteiger partial charge in [0.2, 0.25) is 0 Å². The van der Waals surface area contributed by atoms with E-state index in [4.69, 9.17) is 22.2 Å². The molecule has 0 fully saturated rings. The summed E-state index contributed by atoms with van der Waals surface area (Å²) < 4.78 is 214. The number of fused-ring (bicyclic) bond motifs is 3. The number of benzene rings is 10. The molecular weight excluding hydrogens is 544 g/mol. The molecule has 0 unspecified atom stereocenters. The Morgan fingerprint density at radius 2 is 0.800 bits per heavy atom. The van der Waals surface area contributed by atoms with Crippen LogP contribution in [-0.2, 0) is 0 Å². The van der Waals surface area contributed by atoms with Gasteiger partial charge in [0.25, 0.3) is 0 Å². The summed E-state index contributed by atoms with van der Waals surface area (Å²) in [5.74, 6) is 0. The van der Waals surface area contributed by atoms with Crippen molar-refractivity contribution in [1.82, 2.24) is 0 Å². The van der Waals surface area contributed by atoms with E-state index in [1.54, 1.807) is 0 Å². The smallest absolute Gasteiger partial charge is 0.135 e. The van der Waals surface area contributed by atoms with Crippen LogP contribution in [0.4, 0.5) is 0 Å². The highest BCUT2D eigenvalue weighted by atomic mass is 16.3. The first-order valence-electron chi connectivity index (χ1n) is 25.2. The van der Waals surface area contributed by atoms with Gasteiger partial charge in [-0.1, -0.05) is 121 Å². The van der Waals surface area contributed by atoms with Crippen molar-refractivity contribution in [2.75, 3.05) is 0 Å². The van der Waals surface area contributed by atoms with Crippen LogP contribution in [0, 0.1) is 0 Å². The number of furan rings is 1. The number of hydrogen-bond donors (Lipinski definition) is 0. The lowest BCUT2D eigenvalue weighted by molar-refractivity contribution is 0.669. The minimum atomic E-state index is -0.816. The van der Waals surface area contributed by atoms with Gasteiger partial charge in [-0.3, -0.25) is 0 Å². The third-order valence-corrected chi connectivity index (χ3v) is 8.21. The highest BCUT2D eigenvalue weighted by Crippen LogP contribution is 2.43. The summed E-state index contributed by atoms with van der Waals surface area (Å²) in [6, 6.07) is -14.5. The topological polar surface area (TPSA) is 13.1 Å². The largest absolute Gasteiger partial charge is 0.456 e. The van der Waals surface area contributed by atoms with Crippen molar-refractivity contribution in [3.05, 3.63) is 145 Å². The van der Waals surface area contributed by atoms with E-state index in [2.05, 4.69) is 0 Å². The van der Waals surface area contributed by atoms with Gasteiger partial charge in [0.1, 0.15) is 11.2 Å². The third-order valence-electron chi connectivity index (χ3n) is 8.21. The quantitative estimate of drug-likeness (QED) is 0.182. The maximum Gasteiger partial charge on any atom is 0.135 e. The zero-order valence-corrected chi connectivity index (χ0v) is 22.5. The fourth-order valence-electron chi connectivity index (χ4n) is 6.22. The van der Waals surface area contributed by atoms with Gasteiger partial charge in [0.15, 0.2) is 0 Å². The van der Waals surface area contributed by atoms with Crippen molar-refractivity contribution >= 4 is 86.6 Å². The van der Waals surface area contributed by atoms with Crippen LogP contribution in [0.3, 0.4) is 0 Å². The fraction of sp³-hybridized carbons (Fsp3) is 0. The second-order valence-electron chi connectivity index (χ2n) is 10.6. The number of rotatable bonds is 2. The average molecular weight is 592 g/mol. The predicted octanol–water partition coefficient (Wildman–Crippen LogP) is 12.7. The zero-order valence-electron chi connectivity index (χ0n) is 45.5. The molecule has 11 aromatic rings. The average Bonchev–Trinajstić information content (AvgIpc) is 3.71. The Morgan fingerprint density at radius 1 is 0.356 bits per heavy atom. The maximum atomic E-state index is 9.75. The SMILES string of the molecule is [2H]c1cc2c([2H])c([2H])c3c([2H])c([2H])c([2H])c4c([2H])c([2H])c(c1-c1c([2H])c([2H])c5oc6c([2H])c([2H])c(-c7c([2H])c([2H])c8c([2H])c([2H])c9c([2H])c([2H])c([2H])c%10c([2H])c([2H])c7c8c9%10)c([2H])c6c5c1[2H])c2c34. The lowest BCUT2D eigenvalue weighted by Crippen LogP contribution is -1.87. The third kappa shape index (κ3) is 3.12. The molecule has 0 aliphatic carbocycles. The molecular formula is C44H24O. The Bertz CT molecular complexity index is 4240. The Hall–Kier alpha value is -5.92. The second-order valence-corrected chi connectivity index (χ2v) is 10.6. The standard InChI is InChI=1S/C44H24O/c1-3-25-7-9-29-11-17-33(35-19-13-27(5-1)41(25)43(29)35)31-15-21-39-37(23-31)38-24-32(16-22-40(38)45-39)34-18-12-30-10-8-26-4-2-6-28-14-20-36(34)44(30)42(26)28/h1-24H/i1D,2D,3D,4D,5D,6D,7D,8D,9D,10D,11D,13D,14D,15D,16D,17D,18D,19D,20D,21D,22D,23D,24D. The Balaban J connectivity index is 1.33. The summed E-state index contributed by atoms with van der Waals surface area (Å²) >= 11 is 0. The van der Waals surface area contributed by atoms with Crippen LogP contribution in [-0.4, -0.2) is 0 Å². The predicted molar refractivity (Wildman–Crippen MR) is 192 cm³/mol. The molecule has 0 saturated heterocycles. The fourth-order valence-corrected chi connectivity index (χ4v) is 6.22. The molecule has 1 aromatic heterocycles. The van der Waals surface area contributed by atoms with Gasteiger partial charge in [-0.25, -0.2) is 0 Å². The van der Waals surface area contributed by atoms with Gasteiger partial charge in [-0.15, -0.1) is 0 Å². The van der Waals surface area contributed by atoms with Crippen molar-refractivity contribution in [2.24, 2.45) is 0 Å². The first-order chi connectivity index (χ1) is 31.9. The molecule has 1 nitrogen and oxygen atoms in total. The Morgan fingerprint density at radius 3 is 1.38 bits per heavy atom.